The minimum absolute atomic E-state index is 0.0501. The van der Waals surface area contributed by atoms with Gasteiger partial charge in [0.2, 0.25) is 35.4 Å². The first kappa shape index (κ1) is 52.4. The average molecular weight is 879 g/mol. The first-order valence-corrected chi connectivity index (χ1v) is 21.5. The smallest absolute Gasteiger partial charge is 0.303 e. The lowest BCUT2D eigenvalue weighted by atomic mass is 9.84. The number of aromatic amines is 1. The van der Waals surface area contributed by atoms with Crippen LogP contribution in [0.4, 0.5) is 0 Å². The molecule has 0 spiro atoms. The Labute approximate surface area is 361 Å². The number of amides is 6. The van der Waals surface area contributed by atoms with Gasteiger partial charge in [-0.15, -0.1) is 10.2 Å². The Kier molecular flexibility index (Phi) is 23.1. The van der Waals surface area contributed by atoms with Gasteiger partial charge < -0.3 is 47.2 Å². The number of hydrogen-bond donors (Lipinski definition) is 10. The summed E-state index contributed by atoms with van der Waals surface area (Å²) < 4.78 is 0. The van der Waals surface area contributed by atoms with Crippen molar-refractivity contribution in [2.75, 3.05) is 0 Å². The SMILES string of the molecule is CCC[C@H](NC(=O)[C@H](CC1CCCCC1)NC(=O)[C@@H](NC(=O)[C@H](CC(C)C)NC(=O)[C@@H](CCC(=O)O)NC(=O)[C@H](CCC(=O)O)NC(=O)CCC(=O)O)[C@@H](C)CC)c1nn[nH]n1. The number of carboxylic acids is 3. The van der Waals surface area contributed by atoms with Gasteiger partial charge in [0.15, 0.2) is 5.82 Å². The Morgan fingerprint density at radius 2 is 1.16 bits per heavy atom. The van der Waals surface area contributed by atoms with E-state index in [0.29, 0.717) is 31.5 Å². The molecule has 1 aromatic rings. The maximum absolute atomic E-state index is 14.2. The van der Waals surface area contributed by atoms with Gasteiger partial charge in [-0.05, 0) is 49.9 Å². The lowest BCUT2D eigenvalue weighted by Gasteiger charge is -2.31. The van der Waals surface area contributed by atoms with Gasteiger partial charge in [0.05, 0.1) is 12.5 Å². The van der Waals surface area contributed by atoms with E-state index in [9.17, 15) is 53.4 Å². The molecule has 6 amide bonds. The number of H-pyrrole nitrogens is 1. The number of carbonyl (C=O) groups excluding carboxylic acids is 6. The van der Waals surface area contributed by atoms with Crippen LogP contribution >= 0.6 is 0 Å². The van der Waals surface area contributed by atoms with Crippen LogP contribution in [0, 0.1) is 17.8 Å². The van der Waals surface area contributed by atoms with Crippen molar-refractivity contribution in [3.8, 4) is 0 Å². The molecule has 10 N–H and O–H groups in total. The molecule has 2 rings (SSSR count). The fourth-order valence-corrected chi connectivity index (χ4v) is 7.16. The van der Waals surface area contributed by atoms with Crippen LogP contribution in [0.25, 0.3) is 0 Å². The van der Waals surface area contributed by atoms with E-state index in [-0.39, 0.29) is 18.3 Å². The summed E-state index contributed by atoms with van der Waals surface area (Å²) >= 11 is 0. The average Bonchev–Trinajstić information content (AvgIpc) is 3.76. The Morgan fingerprint density at radius 3 is 1.68 bits per heavy atom. The first-order chi connectivity index (χ1) is 29.3. The molecule has 1 aromatic heterocycles. The van der Waals surface area contributed by atoms with Crippen LogP contribution in [-0.4, -0.2) is 120 Å². The second-order valence-electron chi connectivity index (χ2n) is 16.4. The summed E-state index contributed by atoms with van der Waals surface area (Å²) in [4.78, 5) is 116. The van der Waals surface area contributed by atoms with Crippen molar-refractivity contribution < 1.29 is 58.5 Å². The van der Waals surface area contributed by atoms with E-state index in [4.69, 9.17) is 5.11 Å². The minimum atomic E-state index is -1.58. The summed E-state index contributed by atoms with van der Waals surface area (Å²) in [5, 5.41) is 57.5. The van der Waals surface area contributed by atoms with Gasteiger partial charge in [0.25, 0.3) is 0 Å². The highest BCUT2D eigenvalue weighted by atomic mass is 16.4. The third kappa shape index (κ3) is 19.3. The molecule has 7 atom stereocenters. The topological polar surface area (TPSA) is 341 Å². The lowest BCUT2D eigenvalue weighted by Crippen LogP contribution is -2.60. The van der Waals surface area contributed by atoms with Crippen LogP contribution < -0.4 is 31.9 Å². The van der Waals surface area contributed by atoms with Crippen LogP contribution in [0.3, 0.4) is 0 Å². The number of aliphatic carboxylic acids is 3. The minimum Gasteiger partial charge on any atom is -0.481 e. The van der Waals surface area contributed by atoms with E-state index in [2.05, 4.69) is 52.5 Å². The summed E-state index contributed by atoms with van der Waals surface area (Å²) in [6, 6.07) is -7.10. The van der Waals surface area contributed by atoms with Gasteiger partial charge in [0, 0.05) is 19.3 Å². The zero-order valence-corrected chi connectivity index (χ0v) is 36.4. The molecule has 0 saturated heterocycles. The van der Waals surface area contributed by atoms with Gasteiger partial charge in [-0.2, -0.15) is 5.21 Å². The van der Waals surface area contributed by atoms with Crippen molar-refractivity contribution in [2.24, 2.45) is 17.8 Å². The van der Waals surface area contributed by atoms with Gasteiger partial charge in [-0.25, -0.2) is 0 Å². The second kappa shape index (κ2) is 27.3. The van der Waals surface area contributed by atoms with Gasteiger partial charge >= 0.3 is 17.9 Å². The number of aromatic nitrogens is 4. The predicted octanol–water partition coefficient (Wildman–Crippen LogP) is 1.24. The number of tetrazole rings is 1. The molecule has 0 bridgehead atoms. The van der Waals surface area contributed by atoms with Crippen LogP contribution in [-0.2, 0) is 43.2 Å². The van der Waals surface area contributed by atoms with E-state index in [1.165, 1.54) is 0 Å². The number of carboxylic acid groups (broad SMARTS) is 3. The highest BCUT2D eigenvalue weighted by Gasteiger charge is 2.36. The summed E-state index contributed by atoms with van der Waals surface area (Å²) in [6.45, 7) is 9.08. The summed E-state index contributed by atoms with van der Waals surface area (Å²) in [7, 11) is 0. The van der Waals surface area contributed by atoms with E-state index >= 15 is 0 Å². The van der Waals surface area contributed by atoms with E-state index in [1.54, 1.807) is 20.8 Å². The zero-order valence-electron chi connectivity index (χ0n) is 36.4. The Hall–Kier alpha value is -5.70. The van der Waals surface area contributed by atoms with Crippen LogP contribution in [0.1, 0.15) is 149 Å². The monoisotopic (exact) mass is 878 g/mol. The highest BCUT2D eigenvalue weighted by molar-refractivity contribution is 5.97. The van der Waals surface area contributed by atoms with Crippen molar-refractivity contribution in [3.05, 3.63) is 5.82 Å². The molecule has 0 radical (unpaired) electrons. The van der Waals surface area contributed by atoms with Crippen molar-refractivity contribution >= 4 is 53.4 Å². The van der Waals surface area contributed by atoms with Crippen molar-refractivity contribution in [3.63, 3.8) is 0 Å². The summed E-state index contributed by atoms with van der Waals surface area (Å²) in [5.41, 5.74) is 0. The zero-order chi connectivity index (χ0) is 46.4. The number of rotatable bonds is 29. The van der Waals surface area contributed by atoms with Crippen molar-refractivity contribution in [2.45, 2.75) is 174 Å². The first-order valence-electron chi connectivity index (χ1n) is 21.5. The van der Waals surface area contributed by atoms with Crippen molar-refractivity contribution in [1.82, 2.24) is 52.5 Å². The van der Waals surface area contributed by atoms with E-state index in [1.807, 2.05) is 13.8 Å². The normalized spacial score (nSPS) is 16.3. The Balaban J connectivity index is 2.36. The number of nitrogens with one attached hydrogen (secondary N) is 7. The molecule has 1 aliphatic carbocycles. The third-order valence-corrected chi connectivity index (χ3v) is 10.8. The molecular weight excluding hydrogens is 812 g/mol. The molecule has 0 aliphatic heterocycles. The maximum atomic E-state index is 14.2. The quantitative estimate of drug-likeness (QED) is 0.0541. The molecule has 1 aliphatic rings. The molecule has 0 aromatic carbocycles. The van der Waals surface area contributed by atoms with Crippen LogP contribution in [0.2, 0.25) is 0 Å². The lowest BCUT2D eigenvalue weighted by molar-refractivity contribution is -0.140. The van der Waals surface area contributed by atoms with Crippen LogP contribution in [0.5, 0.6) is 0 Å². The van der Waals surface area contributed by atoms with Gasteiger partial charge in [-0.3, -0.25) is 43.2 Å². The summed E-state index contributed by atoms with van der Waals surface area (Å²) in [5.74, 6) is -8.77. The Bertz CT molecular complexity index is 1650. The molecule has 1 fully saturated rings. The molecule has 62 heavy (non-hydrogen) atoms. The van der Waals surface area contributed by atoms with Gasteiger partial charge in [0.1, 0.15) is 30.2 Å². The fraction of sp³-hybridized carbons (Fsp3) is 0.750. The third-order valence-electron chi connectivity index (χ3n) is 10.8. The molecule has 22 heteroatoms. The molecule has 1 saturated carbocycles. The standard InChI is InChI=1S/C40H66N10O12/c1-6-11-25(35-47-49-50-48-35)42-38(60)29(21-24-12-9-8-10-13-24)45-40(62)34(23(5)7-2)46-39(61)28(20-22(3)4)44-37(59)27(15-18-32(54)55)43-36(58)26(14-17-31(52)53)41-30(51)16-19-33(56)57/h22-29,34H,6-21H2,1-5H3,(H,41,51)(H,42,60)(H,43,58)(H,44,59)(H,45,62)(H,46,61)(H,52,53)(H,54,55)(H,56,57)(H,47,48,49,50)/t23-,25-,26-,27+,28-,29-,34-/m0/s1. The predicted molar refractivity (Wildman–Crippen MR) is 220 cm³/mol. The Morgan fingerprint density at radius 1 is 0.629 bits per heavy atom. The number of hydrogen-bond acceptors (Lipinski definition) is 12. The maximum Gasteiger partial charge on any atom is 0.303 e. The largest absolute Gasteiger partial charge is 0.481 e. The molecular formula is C40H66N10O12. The second-order valence-corrected chi connectivity index (χ2v) is 16.4. The summed E-state index contributed by atoms with van der Waals surface area (Å²) in [6.07, 6.45) is 3.75. The number of nitrogens with zero attached hydrogens (tertiary/aromatic N) is 3. The van der Waals surface area contributed by atoms with Gasteiger partial charge in [-0.1, -0.05) is 84.8 Å². The molecule has 1 heterocycles. The van der Waals surface area contributed by atoms with E-state index in [0.717, 1.165) is 32.1 Å². The highest BCUT2D eigenvalue weighted by Crippen LogP contribution is 2.28. The van der Waals surface area contributed by atoms with Crippen LogP contribution in [0.15, 0.2) is 0 Å². The molecule has 22 nitrogen and oxygen atoms in total. The van der Waals surface area contributed by atoms with Crippen molar-refractivity contribution in [1.29, 1.82) is 0 Å². The molecule has 0 unspecified atom stereocenters. The van der Waals surface area contributed by atoms with E-state index < -0.39 is 134 Å². The number of carbonyl (C=O) groups is 9. The fourth-order valence-electron chi connectivity index (χ4n) is 7.16. The molecule has 348 valence electrons.